The molecule has 0 aromatic rings. The van der Waals surface area contributed by atoms with Crippen molar-refractivity contribution >= 4 is 6.21 Å². The Morgan fingerprint density at radius 3 is 1.91 bits per heavy atom. The highest BCUT2D eigenvalue weighted by Gasteiger charge is 2.28. The van der Waals surface area contributed by atoms with Gasteiger partial charge in [0, 0.05) is 19.5 Å². The molecule has 4 heterocycles. The van der Waals surface area contributed by atoms with Crippen molar-refractivity contribution < 1.29 is 23.1 Å². The molecule has 0 amide bonds. The monoisotopic (exact) mass is 640 g/mol. The molecule has 0 unspecified atom stereocenters. The summed E-state index contributed by atoms with van der Waals surface area (Å²) < 4.78 is 14.9. The third kappa shape index (κ3) is 20.4. The predicted octanol–water partition coefficient (Wildman–Crippen LogP) is 8.66. The van der Waals surface area contributed by atoms with Gasteiger partial charge in [0.25, 0.3) is 0 Å². The van der Waals surface area contributed by atoms with Crippen LogP contribution in [0.25, 0.3) is 5.43 Å². The van der Waals surface area contributed by atoms with Gasteiger partial charge in [0.1, 0.15) is 19.6 Å². The molecule has 0 atom stereocenters. The number of allylic oxidation sites excluding steroid dienone is 1. The summed E-state index contributed by atoms with van der Waals surface area (Å²) in [7, 11) is 6.89. The van der Waals surface area contributed by atoms with Crippen LogP contribution in [-0.4, -0.2) is 125 Å². The van der Waals surface area contributed by atoms with Gasteiger partial charge in [-0.05, 0) is 64.8 Å². The van der Waals surface area contributed by atoms with Gasteiger partial charge in [0.2, 0.25) is 6.21 Å². The number of hydrogen-bond acceptors (Lipinski definition) is 3. The van der Waals surface area contributed by atoms with Gasteiger partial charge in [0.15, 0.2) is 5.76 Å². The zero-order valence-corrected chi connectivity index (χ0v) is 30.1. The van der Waals surface area contributed by atoms with E-state index in [0.29, 0.717) is 12.5 Å². The summed E-state index contributed by atoms with van der Waals surface area (Å²) in [5.41, 5.74) is 7.51. The fraction of sp³-hybridized carbons (Fsp3) is 0.868. The average Bonchev–Trinajstić information content (AvgIpc) is 3.20. The molecular weight excluding hydrogens is 558 g/mol. The van der Waals surface area contributed by atoms with E-state index in [-0.39, 0.29) is 14.9 Å². The Balaban J connectivity index is 0. The Kier molecular flexibility index (Phi) is 27.1. The molecule has 0 bridgehead atoms. The zero-order chi connectivity index (χ0) is 32.0. The summed E-state index contributed by atoms with van der Waals surface area (Å²) in [6.45, 7) is 28.7. The molecule has 0 aliphatic carbocycles. The summed E-state index contributed by atoms with van der Waals surface area (Å²) in [6, 6.07) is 0. The molecule has 0 saturated carbocycles. The number of rotatable bonds is 9. The molecule has 268 valence electrons. The Morgan fingerprint density at radius 2 is 1.42 bits per heavy atom. The van der Waals surface area contributed by atoms with Crippen LogP contribution in [0.5, 0.6) is 0 Å². The van der Waals surface area contributed by atoms with Crippen LogP contribution in [0.1, 0.15) is 120 Å². The van der Waals surface area contributed by atoms with Crippen LogP contribution < -0.4 is 0 Å². The van der Waals surface area contributed by atoms with E-state index in [0.717, 1.165) is 26.2 Å². The summed E-state index contributed by atoms with van der Waals surface area (Å²) >= 11 is 0. The van der Waals surface area contributed by atoms with Crippen LogP contribution >= 0.6 is 0 Å². The number of ether oxygens (including phenoxy) is 2. The van der Waals surface area contributed by atoms with Crippen molar-refractivity contribution in [2.45, 2.75) is 120 Å². The van der Waals surface area contributed by atoms with Crippen LogP contribution in [0.15, 0.2) is 23.5 Å². The molecule has 4 aliphatic rings. The molecule has 0 aromatic carbocycles. The molecule has 7 heteroatoms. The highest BCUT2D eigenvalue weighted by atomic mass is 16.5. The highest BCUT2D eigenvalue weighted by molar-refractivity contribution is 5.71. The maximum atomic E-state index is 5.40. The van der Waals surface area contributed by atoms with Crippen molar-refractivity contribution in [3.8, 4) is 0 Å². The fourth-order valence-corrected chi connectivity index (χ4v) is 6.48. The smallest absolute Gasteiger partial charge is 0.200 e. The molecule has 7 nitrogen and oxygen atoms in total. The Bertz CT molecular complexity index is 776. The van der Waals surface area contributed by atoms with Crippen molar-refractivity contribution in [3.63, 3.8) is 0 Å². The van der Waals surface area contributed by atoms with E-state index in [1.807, 2.05) is 10.9 Å². The Hall–Kier alpha value is -1.41. The maximum Gasteiger partial charge on any atom is 0.200 e. The standard InChI is InChI=1S/C10H22NO.C10H19N.C8H14N2O.C8H18N.2CH4/c1-3-5-11(6-4-2)7-9-12-10-8-11;1-4-9-6-7-11(3)8-10(9)5-2;1-3-4-5-10-6-8(2)11-7-9-10;1-9(2)7-5-3-4-6-8-9;;/h3-10H2,1-2H3;4-8H2,1-3H3;6H,2-5,7H2,1H3;3-8H2,1-2H3;2*1H4/q+1;;;+1;;. The lowest BCUT2D eigenvalue weighted by Gasteiger charge is -2.41. The van der Waals surface area contributed by atoms with Gasteiger partial charge in [-0.2, -0.15) is 0 Å². The van der Waals surface area contributed by atoms with Crippen molar-refractivity contribution in [2.75, 3.05) is 100.0 Å². The fourth-order valence-electron chi connectivity index (χ4n) is 6.48. The second-order valence-corrected chi connectivity index (χ2v) is 13.6. The minimum atomic E-state index is 0. The zero-order valence-electron chi connectivity index (χ0n) is 30.1. The van der Waals surface area contributed by atoms with E-state index in [2.05, 4.69) is 72.7 Å². The van der Waals surface area contributed by atoms with Crippen LogP contribution in [-0.2, 0) is 9.47 Å². The number of likely N-dealkylation sites (tertiary alicyclic amines) is 1. The summed E-state index contributed by atoms with van der Waals surface area (Å²) in [5, 5.41) is 0. The molecule has 0 N–H and O–H groups in total. The first-order valence-electron chi connectivity index (χ1n) is 17.9. The molecular formula is C38H81N5O2+2. The second kappa shape index (κ2) is 26.6. The minimum absolute atomic E-state index is 0. The highest BCUT2D eigenvalue weighted by Crippen LogP contribution is 2.21. The van der Waals surface area contributed by atoms with Crippen molar-refractivity contribution in [1.29, 1.82) is 0 Å². The number of likely N-dealkylation sites (N-methyl/N-ethyl adjacent to an activating group) is 1. The maximum absolute atomic E-state index is 5.40. The third-order valence-electron chi connectivity index (χ3n) is 9.23. The number of nitrogens with zero attached hydrogens (tertiary/aromatic N) is 5. The van der Waals surface area contributed by atoms with Crippen molar-refractivity contribution in [2.24, 2.45) is 0 Å². The lowest BCUT2D eigenvalue weighted by atomic mass is 9.96. The van der Waals surface area contributed by atoms with E-state index in [4.69, 9.17) is 9.47 Å². The normalized spacial score (nSPS) is 20.7. The number of unbranched alkanes of at least 4 members (excludes halogenated alkanes) is 1. The van der Waals surface area contributed by atoms with Gasteiger partial charge in [0.05, 0.1) is 60.2 Å². The van der Waals surface area contributed by atoms with E-state index in [9.17, 15) is 0 Å². The van der Waals surface area contributed by atoms with E-state index in [1.54, 1.807) is 11.1 Å². The van der Waals surface area contributed by atoms with Crippen LogP contribution in [0.4, 0.5) is 0 Å². The first-order valence-corrected chi connectivity index (χ1v) is 17.9. The Morgan fingerprint density at radius 1 is 0.844 bits per heavy atom. The molecule has 0 aromatic heterocycles. The molecule has 0 radical (unpaired) electrons. The largest absolute Gasteiger partial charge is 0.502 e. The van der Waals surface area contributed by atoms with E-state index in [1.165, 1.54) is 126 Å². The van der Waals surface area contributed by atoms with E-state index < -0.39 is 0 Å². The van der Waals surface area contributed by atoms with Crippen molar-refractivity contribution in [3.05, 3.63) is 28.9 Å². The number of morpholine rings is 1. The molecule has 4 aliphatic heterocycles. The second-order valence-electron chi connectivity index (χ2n) is 13.6. The number of quaternary nitrogens is 2. The lowest BCUT2D eigenvalue weighted by molar-refractivity contribution is -0.935. The summed E-state index contributed by atoms with van der Waals surface area (Å²) in [4.78, 5) is 2.41. The SMILES string of the molecule is C.C.C=C1C=[N+](CCCC)[N-]CO1.CCC1=C(CC)CN(C)CC1.CCC[N+]1(CCC)CCOCC1.C[N+]1(C)CCCCCC1. The summed E-state index contributed by atoms with van der Waals surface area (Å²) in [5.74, 6) is 0.705. The molecule has 0 spiro atoms. The number of hydrogen-bond donors (Lipinski definition) is 0. The van der Waals surface area contributed by atoms with Gasteiger partial charge in [-0.1, -0.05) is 73.6 Å². The van der Waals surface area contributed by atoms with Gasteiger partial charge in [-0.25, -0.2) is 0 Å². The van der Waals surface area contributed by atoms with E-state index >= 15 is 0 Å². The first-order chi connectivity index (χ1) is 20.6. The average molecular weight is 640 g/mol. The van der Waals surface area contributed by atoms with Gasteiger partial charge >= 0.3 is 0 Å². The first kappa shape index (κ1) is 45.7. The van der Waals surface area contributed by atoms with Crippen LogP contribution in [0.3, 0.4) is 0 Å². The molecule has 4 rings (SSSR count). The quantitative estimate of drug-likeness (QED) is 0.144. The topological polar surface area (TPSA) is 38.8 Å². The summed E-state index contributed by atoms with van der Waals surface area (Å²) in [6.07, 6.45) is 16.4. The van der Waals surface area contributed by atoms with Gasteiger partial charge in [-0.3, -0.25) is 4.68 Å². The predicted molar refractivity (Wildman–Crippen MR) is 199 cm³/mol. The lowest BCUT2D eigenvalue weighted by Crippen LogP contribution is -2.55. The minimum Gasteiger partial charge on any atom is -0.502 e. The third-order valence-corrected chi connectivity index (χ3v) is 9.23. The molecule has 2 saturated heterocycles. The molecule has 2 fully saturated rings. The molecule has 45 heavy (non-hydrogen) atoms. The van der Waals surface area contributed by atoms with Crippen LogP contribution in [0, 0.1) is 0 Å². The van der Waals surface area contributed by atoms with Gasteiger partial charge in [-0.15, -0.1) is 0 Å². The Labute approximate surface area is 282 Å². The van der Waals surface area contributed by atoms with Crippen LogP contribution in [0.2, 0.25) is 0 Å². The van der Waals surface area contributed by atoms with Crippen molar-refractivity contribution in [1.82, 2.24) is 4.90 Å². The van der Waals surface area contributed by atoms with Gasteiger partial charge < -0.3 is 28.8 Å².